The highest BCUT2D eigenvalue weighted by Gasteiger charge is 2.16. The van der Waals surface area contributed by atoms with E-state index in [1.54, 1.807) is 4.68 Å². The predicted octanol–water partition coefficient (Wildman–Crippen LogP) is 2.71. The molecule has 22 heavy (non-hydrogen) atoms. The number of aromatic nitrogens is 3. The lowest BCUT2D eigenvalue weighted by atomic mass is 10.2. The molecule has 1 aromatic carbocycles. The molecular formula is C16H21N3O3. The van der Waals surface area contributed by atoms with Gasteiger partial charge in [0, 0.05) is 6.54 Å². The van der Waals surface area contributed by atoms with Crippen LogP contribution in [0.1, 0.15) is 41.5 Å². The molecule has 0 bridgehead atoms. The molecule has 0 aliphatic carbocycles. The molecule has 1 N–H and O–H groups in total. The van der Waals surface area contributed by atoms with Crippen molar-refractivity contribution in [1.29, 1.82) is 0 Å². The third-order valence-corrected chi connectivity index (χ3v) is 3.40. The number of ether oxygens (including phenoxy) is 1. The summed E-state index contributed by atoms with van der Waals surface area (Å²) in [5.74, 6) is -0.144. The first-order chi connectivity index (χ1) is 10.6. The highest BCUT2D eigenvalue weighted by molar-refractivity contribution is 5.86. The van der Waals surface area contributed by atoms with Crippen molar-refractivity contribution in [3.05, 3.63) is 41.2 Å². The largest absolute Gasteiger partial charge is 0.494 e. The molecule has 0 saturated carbocycles. The Balaban J connectivity index is 1.78. The van der Waals surface area contributed by atoms with Gasteiger partial charge in [0.15, 0.2) is 5.69 Å². The molecule has 1 heterocycles. The van der Waals surface area contributed by atoms with Gasteiger partial charge >= 0.3 is 5.97 Å². The summed E-state index contributed by atoms with van der Waals surface area (Å²) in [5.41, 5.74) is 1.90. The number of carboxylic acid groups (broad SMARTS) is 1. The first kappa shape index (κ1) is 16.0. The molecule has 0 spiro atoms. The minimum Gasteiger partial charge on any atom is -0.494 e. The maximum Gasteiger partial charge on any atom is 0.358 e. The summed E-state index contributed by atoms with van der Waals surface area (Å²) in [7, 11) is 0. The van der Waals surface area contributed by atoms with E-state index in [4.69, 9.17) is 9.84 Å². The molecule has 0 fully saturated rings. The number of rotatable bonds is 8. The number of aryl methyl sites for hydroxylation is 2. The van der Waals surface area contributed by atoms with E-state index in [-0.39, 0.29) is 5.69 Å². The van der Waals surface area contributed by atoms with E-state index < -0.39 is 5.97 Å². The average Bonchev–Trinajstić information content (AvgIpc) is 2.90. The molecule has 0 amide bonds. The lowest BCUT2D eigenvalue weighted by Crippen LogP contribution is -2.09. The Morgan fingerprint density at radius 1 is 1.36 bits per heavy atom. The predicted molar refractivity (Wildman–Crippen MR) is 82.3 cm³/mol. The van der Waals surface area contributed by atoms with Crippen molar-refractivity contribution in [2.45, 2.75) is 39.7 Å². The lowest BCUT2D eigenvalue weighted by Gasteiger charge is -2.08. The molecule has 2 rings (SSSR count). The van der Waals surface area contributed by atoms with Crippen LogP contribution < -0.4 is 4.74 Å². The van der Waals surface area contributed by atoms with Gasteiger partial charge in [-0.2, -0.15) is 0 Å². The van der Waals surface area contributed by atoms with Crippen LogP contribution >= 0.6 is 0 Å². The van der Waals surface area contributed by atoms with E-state index in [0.717, 1.165) is 18.6 Å². The summed E-state index contributed by atoms with van der Waals surface area (Å²) >= 11 is 0. The maximum absolute atomic E-state index is 11.0. The average molecular weight is 303 g/mol. The van der Waals surface area contributed by atoms with Crippen molar-refractivity contribution in [2.24, 2.45) is 0 Å². The summed E-state index contributed by atoms with van der Waals surface area (Å²) in [6.45, 7) is 5.22. The highest BCUT2D eigenvalue weighted by Crippen LogP contribution is 2.13. The Bertz CT molecular complexity index is 637. The molecular weight excluding hydrogens is 282 g/mol. The van der Waals surface area contributed by atoms with Gasteiger partial charge in [0.05, 0.1) is 12.3 Å². The van der Waals surface area contributed by atoms with Gasteiger partial charge < -0.3 is 9.84 Å². The van der Waals surface area contributed by atoms with Crippen molar-refractivity contribution in [3.63, 3.8) is 0 Å². The van der Waals surface area contributed by atoms with Gasteiger partial charge in [0.25, 0.3) is 0 Å². The van der Waals surface area contributed by atoms with Crippen LogP contribution in [0.4, 0.5) is 0 Å². The van der Waals surface area contributed by atoms with Crippen molar-refractivity contribution < 1.29 is 14.6 Å². The fourth-order valence-corrected chi connectivity index (χ4v) is 2.29. The second kappa shape index (κ2) is 7.59. The molecule has 0 atom stereocenters. The zero-order valence-electron chi connectivity index (χ0n) is 13.0. The number of nitrogens with zero attached hydrogens (tertiary/aromatic N) is 3. The van der Waals surface area contributed by atoms with Crippen LogP contribution in [0.5, 0.6) is 5.75 Å². The van der Waals surface area contributed by atoms with Gasteiger partial charge in [0.2, 0.25) is 0 Å². The van der Waals surface area contributed by atoms with Gasteiger partial charge in [-0.05, 0) is 43.9 Å². The molecule has 118 valence electrons. The van der Waals surface area contributed by atoms with E-state index in [9.17, 15) is 4.79 Å². The van der Waals surface area contributed by atoms with E-state index in [0.29, 0.717) is 25.3 Å². The summed E-state index contributed by atoms with van der Waals surface area (Å²) < 4.78 is 7.36. The first-order valence-corrected chi connectivity index (χ1v) is 7.47. The Kier molecular flexibility index (Phi) is 5.52. The van der Waals surface area contributed by atoms with E-state index in [1.807, 2.05) is 38.1 Å². The number of unbranched alkanes of at least 4 members (excludes halogenated alkanes) is 1. The van der Waals surface area contributed by atoms with Crippen LogP contribution in [0.2, 0.25) is 0 Å². The van der Waals surface area contributed by atoms with Crippen LogP contribution in [0.3, 0.4) is 0 Å². The number of aromatic carboxylic acids is 1. The minimum absolute atomic E-state index is 0.0542. The van der Waals surface area contributed by atoms with Crippen molar-refractivity contribution in [2.75, 3.05) is 6.61 Å². The van der Waals surface area contributed by atoms with Crippen LogP contribution in [0.15, 0.2) is 24.3 Å². The monoisotopic (exact) mass is 303 g/mol. The minimum atomic E-state index is -1.02. The van der Waals surface area contributed by atoms with E-state index >= 15 is 0 Å². The van der Waals surface area contributed by atoms with E-state index in [1.165, 1.54) is 5.56 Å². The fraction of sp³-hybridized carbons (Fsp3) is 0.438. The van der Waals surface area contributed by atoms with Gasteiger partial charge in [-0.1, -0.05) is 24.3 Å². The highest BCUT2D eigenvalue weighted by atomic mass is 16.5. The SMILES string of the molecule is CCc1c(C(=O)O)nnn1CCCCOc1cccc(C)c1. The molecule has 0 unspecified atom stereocenters. The second-order valence-corrected chi connectivity index (χ2v) is 5.14. The normalized spacial score (nSPS) is 10.6. The van der Waals surface area contributed by atoms with Gasteiger partial charge in [-0.15, -0.1) is 5.10 Å². The van der Waals surface area contributed by atoms with Crippen molar-refractivity contribution in [1.82, 2.24) is 15.0 Å². The summed E-state index contributed by atoms with van der Waals surface area (Å²) in [6.07, 6.45) is 2.34. The number of carbonyl (C=O) groups is 1. The Hall–Kier alpha value is -2.37. The van der Waals surface area contributed by atoms with Crippen LogP contribution in [0, 0.1) is 6.92 Å². The van der Waals surface area contributed by atoms with Gasteiger partial charge in [0.1, 0.15) is 5.75 Å². The third-order valence-electron chi connectivity index (χ3n) is 3.40. The molecule has 2 aromatic rings. The zero-order chi connectivity index (χ0) is 15.9. The van der Waals surface area contributed by atoms with Gasteiger partial charge in [-0.25, -0.2) is 9.48 Å². The molecule has 6 heteroatoms. The fourth-order valence-electron chi connectivity index (χ4n) is 2.29. The molecule has 6 nitrogen and oxygen atoms in total. The van der Waals surface area contributed by atoms with E-state index in [2.05, 4.69) is 10.3 Å². The topological polar surface area (TPSA) is 77.2 Å². The van der Waals surface area contributed by atoms with Crippen molar-refractivity contribution in [3.8, 4) is 5.75 Å². The van der Waals surface area contributed by atoms with Crippen LogP contribution in [-0.4, -0.2) is 32.7 Å². The smallest absolute Gasteiger partial charge is 0.358 e. The quantitative estimate of drug-likeness (QED) is 0.759. The third kappa shape index (κ3) is 4.07. The number of carboxylic acids is 1. The standard InChI is InChI=1S/C16H21N3O3/c1-3-14-15(16(20)21)17-18-19(14)9-4-5-10-22-13-8-6-7-12(2)11-13/h6-8,11H,3-5,9-10H2,1-2H3,(H,20,21). The summed E-state index contributed by atoms with van der Waals surface area (Å²) in [4.78, 5) is 11.0. The van der Waals surface area contributed by atoms with Gasteiger partial charge in [-0.3, -0.25) is 0 Å². The molecule has 0 radical (unpaired) electrons. The first-order valence-electron chi connectivity index (χ1n) is 7.47. The Morgan fingerprint density at radius 3 is 2.86 bits per heavy atom. The van der Waals surface area contributed by atoms with Crippen LogP contribution in [0.25, 0.3) is 0 Å². The number of hydrogen-bond donors (Lipinski definition) is 1. The Morgan fingerprint density at radius 2 is 2.18 bits per heavy atom. The lowest BCUT2D eigenvalue weighted by molar-refractivity contribution is 0.0689. The number of hydrogen-bond acceptors (Lipinski definition) is 4. The summed E-state index contributed by atoms with van der Waals surface area (Å²) in [5, 5.41) is 16.7. The van der Waals surface area contributed by atoms with Crippen LogP contribution in [-0.2, 0) is 13.0 Å². The Labute approximate surface area is 129 Å². The summed E-state index contributed by atoms with van der Waals surface area (Å²) in [6, 6.07) is 7.95. The molecule has 0 aliphatic heterocycles. The zero-order valence-corrected chi connectivity index (χ0v) is 13.0. The maximum atomic E-state index is 11.0. The molecule has 0 aliphatic rings. The molecule has 0 saturated heterocycles. The number of benzene rings is 1. The second-order valence-electron chi connectivity index (χ2n) is 5.14. The van der Waals surface area contributed by atoms with Crippen molar-refractivity contribution >= 4 is 5.97 Å². The molecule has 1 aromatic heterocycles.